The van der Waals surface area contributed by atoms with E-state index in [1.165, 1.54) is 0 Å². The molecule has 0 radical (unpaired) electrons. The molecule has 6 nitrogen and oxygen atoms in total. The van der Waals surface area contributed by atoms with E-state index < -0.39 is 24.0 Å². The fourth-order valence-corrected chi connectivity index (χ4v) is 1.12. The Morgan fingerprint density at radius 1 is 1.27 bits per heavy atom. The van der Waals surface area contributed by atoms with Gasteiger partial charge in [-0.3, -0.25) is 4.74 Å². The molecule has 1 unspecified atom stereocenters. The third kappa shape index (κ3) is 0.711. The van der Waals surface area contributed by atoms with E-state index in [0.29, 0.717) is 0 Å². The first kappa shape index (κ1) is 7.41. The van der Waals surface area contributed by atoms with Gasteiger partial charge in [-0.15, -0.1) is 0 Å². The van der Waals surface area contributed by atoms with Crippen molar-refractivity contribution in [3.05, 3.63) is 0 Å². The smallest absolute Gasteiger partial charge is 0.343 e. The van der Waals surface area contributed by atoms with Gasteiger partial charge in [-0.25, -0.2) is 0 Å². The molecule has 0 bridgehead atoms. The molecule has 0 amide bonds. The monoisotopic (exact) mass is 164 g/mol. The Balaban J connectivity index is 2.21. The summed E-state index contributed by atoms with van der Waals surface area (Å²) in [5, 5.41) is 36.1. The van der Waals surface area contributed by atoms with Crippen LogP contribution in [0.5, 0.6) is 0 Å². The number of aliphatic hydroxyl groups excluding tert-OH is 2. The zero-order valence-electron chi connectivity index (χ0n) is 5.47. The van der Waals surface area contributed by atoms with Gasteiger partial charge in [-0.05, 0) is 0 Å². The van der Waals surface area contributed by atoms with Gasteiger partial charge in [-0.1, -0.05) is 0 Å². The summed E-state index contributed by atoms with van der Waals surface area (Å²) in [5.74, 6) is -4.27. The second-order valence-electron chi connectivity index (χ2n) is 2.70. The van der Waals surface area contributed by atoms with Gasteiger partial charge in [-0.2, -0.15) is 0 Å². The molecule has 4 N–H and O–H groups in total. The Morgan fingerprint density at radius 3 is 2.45 bits per heavy atom. The number of hydrogen-bond donors (Lipinski definition) is 4. The van der Waals surface area contributed by atoms with Crippen LogP contribution in [0.15, 0.2) is 0 Å². The Bertz CT molecular complexity index is 191. The number of fused-ring (bicyclic) bond motifs is 1. The number of ether oxygens (including phenoxy) is 2. The van der Waals surface area contributed by atoms with Crippen LogP contribution in [0.1, 0.15) is 0 Å². The van der Waals surface area contributed by atoms with E-state index in [4.69, 9.17) is 20.4 Å². The summed E-state index contributed by atoms with van der Waals surface area (Å²) in [4.78, 5) is 0. The molecule has 64 valence electrons. The van der Waals surface area contributed by atoms with Crippen molar-refractivity contribution in [1.29, 1.82) is 0 Å². The number of rotatable bonds is 0. The first-order chi connectivity index (χ1) is 5.00. The minimum absolute atomic E-state index is 0.264. The highest BCUT2D eigenvalue weighted by Crippen LogP contribution is 2.50. The van der Waals surface area contributed by atoms with E-state index in [1.807, 2.05) is 0 Å². The second kappa shape index (κ2) is 1.74. The molecule has 2 rings (SSSR count). The maximum atomic E-state index is 9.14. The van der Waals surface area contributed by atoms with Gasteiger partial charge in [0.25, 0.3) is 5.79 Å². The van der Waals surface area contributed by atoms with Crippen LogP contribution in [-0.2, 0) is 9.47 Å². The molecule has 6 heteroatoms. The van der Waals surface area contributed by atoms with Crippen molar-refractivity contribution in [1.82, 2.24) is 0 Å². The van der Waals surface area contributed by atoms with E-state index in [0.717, 1.165) is 0 Å². The predicted molar refractivity (Wildman–Crippen MR) is 29.0 cm³/mol. The highest BCUT2D eigenvalue weighted by atomic mass is 17.0. The maximum Gasteiger partial charge on any atom is 0.343 e. The zero-order chi connectivity index (χ0) is 8.28. The standard InChI is InChI=1S/C5H8O6/c6-2-1-10-5(9)4(8,11-5)3(2)7/h2-3,6-9H,1H2/t2-,3+,4-,5?/m1/s1. The van der Waals surface area contributed by atoms with Crippen LogP contribution in [-0.4, -0.2) is 51.0 Å². The van der Waals surface area contributed by atoms with Crippen LogP contribution in [0.3, 0.4) is 0 Å². The predicted octanol–water partition coefficient (Wildman–Crippen LogP) is -2.90. The van der Waals surface area contributed by atoms with Gasteiger partial charge in [0, 0.05) is 0 Å². The van der Waals surface area contributed by atoms with Crippen molar-refractivity contribution in [3.8, 4) is 0 Å². The number of epoxide rings is 1. The van der Waals surface area contributed by atoms with E-state index in [-0.39, 0.29) is 6.61 Å². The molecule has 2 aliphatic heterocycles. The highest BCUT2D eigenvalue weighted by molar-refractivity contribution is 5.04. The first-order valence-electron chi connectivity index (χ1n) is 3.14. The molecular formula is C5H8O6. The molecule has 0 spiro atoms. The summed E-state index contributed by atoms with van der Waals surface area (Å²) < 4.78 is 8.81. The van der Waals surface area contributed by atoms with E-state index >= 15 is 0 Å². The summed E-state index contributed by atoms with van der Waals surface area (Å²) >= 11 is 0. The zero-order valence-corrected chi connectivity index (χ0v) is 5.47. The molecule has 4 atom stereocenters. The number of aliphatic hydroxyl groups is 4. The Morgan fingerprint density at radius 2 is 1.91 bits per heavy atom. The van der Waals surface area contributed by atoms with Gasteiger partial charge in [0.1, 0.15) is 12.2 Å². The average molecular weight is 164 g/mol. The highest BCUT2D eigenvalue weighted by Gasteiger charge is 2.79. The molecule has 0 saturated carbocycles. The molecular weight excluding hydrogens is 156 g/mol. The Labute approximate surface area is 61.6 Å². The summed E-state index contributed by atoms with van der Waals surface area (Å²) in [5.41, 5.74) is 0. The van der Waals surface area contributed by atoms with E-state index in [2.05, 4.69) is 9.47 Å². The molecule has 2 heterocycles. The lowest BCUT2D eigenvalue weighted by molar-refractivity contribution is -0.259. The minimum atomic E-state index is -2.15. The number of hydrogen-bond acceptors (Lipinski definition) is 6. The van der Waals surface area contributed by atoms with Gasteiger partial charge in [0.15, 0.2) is 0 Å². The normalized spacial score (nSPS) is 62.2. The summed E-state index contributed by atoms with van der Waals surface area (Å²) in [6.45, 7) is -0.264. The molecule has 0 aromatic heterocycles. The Kier molecular flexibility index (Phi) is 1.17. The van der Waals surface area contributed by atoms with Crippen LogP contribution in [0, 0.1) is 0 Å². The van der Waals surface area contributed by atoms with Crippen LogP contribution < -0.4 is 0 Å². The molecule has 11 heavy (non-hydrogen) atoms. The summed E-state index contributed by atoms with van der Waals surface area (Å²) in [6, 6.07) is 0. The van der Waals surface area contributed by atoms with Crippen molar-refractivity contribution in [3.63, 3.8) is 0 Å². The van der Waals surface area contributed by atoms with Gasteiger partial charge >= 0.3 is 5.97 Å². The van der Waals surface area contributed by atoms with Crippen molar-refractivity contribution >= 4 is 0 Å². The van der Waals surface area contributed by atoms with Crippen molar-refractivity contribution in [2.24, 2.45) is 0 Å². The van der Waals surface area contributed by atoms with Gasteiger partial charge in [0.05, 0.1) is 6.61 Å². The average Bonchev–Trinajstić information content (AvgIpc) is 2.50. The minimum Gasteiger partial charge on any atom is -0.388 e. The topological polar surface area (TPSA) is 103 Å². The van der Waals surface area contributed by atoms with E-state index in [1.54, 1.807) is 0 Å². The third-order valence-corrected chi connectivity index (χ3v) is 1.92. The van der Waals surface area contributed by atoms with Crippen molar-refractivity contribution in [2.45, 2.75) is 24.0 Å². The quantitative estimate of drug-likeness (QED) is 0.286. The summed E-state index contributed by atoms with van der Waals surface area (Å²) in [6.07, 6.45) is -2.76. The molecule has 2 saturated heterocycles. The SMILES string of the molecule is O[C@@H]1COC2(O)O[C@]2(O)[C@H]1O. The first-order valence-corrected chi connectivity index (χ1v) is 3.14. The fraction of sp³-hybridized carbons (Fsp3) is 1.00. The van der Waals surface area contributed by atoms with Crippen LogP contribution >= 0.6 is 0 Å². The molecule has 2 fully saturated rings. The Hall–Kier alpha value is -0.240. The van der Waals surface area contributed by atoms with E-state index in [9.17, 15) is 0 Å². The van der Waals surface area contributed by atoms with Gasteiger partial charge < -0.3 is 25.2 Å². The fourth-order valence-electron chi connectivity index (χ4n) is 1.12. The van der Waals surface area contributed by atoms with Crippen molar-refractivity contribution in [2.75, 3.05) is 6.61 Å². The van der Waals surface area contributed by atoms with Crippen LogP contribution in [0.4, 0.5) is 0 Å². The van der Waals surface area contributed by atoms with Crippen LogP contribution in [0.2, 0.25) is 0 Å². The third-order valence-electron chi connectivity index (χ3n) is 1.92. The lowest BCUT2D eigenvalue weighted by Crippen LogP contribution is -2.52. The maximum absolute atomic E-state index is 9.14. The largest absolute Gasteiger partial charge is 0.388 e. The molecule has 0 aliphatic carbocycles. The van der Waals surface area contributed by atoms with Gasteiger partial charge in [0.2, 0.25) is 0 Å². The van der Waals surface area contributed by atoms with Crippen LogP contribution in [0.25, 0.3) is 0 Å². The second-order valence-corrected chi connectivity index (χ2v) is 2.70. The summed E-state index contributed by atoms with van der Waals surface area (Å²) in [7, 11) is 0. The lowest BCUT2D eigenvalue weighted by atomic mass is 10.1. The molecule has 0 aromatic carbocycles. The van der Waals surface area contributed by atoms with Crippen molar-refractivity contribution < 1.29 is 29.9 Å². The molecule has 0 aromatic rings. The lowest BCUT2D eigenvalue weighted by Gasteiger charge is -2.26. The molecule has 2 aliphatic rings.